The number of benzene rings is 3. The quantitative estimate of drug-likeness (QED) is 0.0610. The number of hydrogen-bond donors (Lipinski definition) is 4. The van der Waals surface area contributed by atoms with Gasteiger partial charge >= 0.3 is 17.6 Å². The van der Waals surface area contributed by atoms with Gasteiger partial charge in [0.1, 0.15) is 16.6 Å². The number of fused-ring (bicyclic) bond motifs is 6. The summed E-state index contributed by atoms with van der Waals surface area (Å²) < 4.78 is 23.0. The molecule has 5 aromatic rings. The summed E-state index contributed by atoms with van der Waals surface area (Å²) in [6.45, 7) is 28.5. The number of nitrogens with one attached hydrogen (secondary N) is 3. The fourth-order valence-electron chi connectivity index (χ4n) is 8.74. The number of methoxy groups -OCH3 is 1. The fourth-order valence-corrected chi connectivity index (χ4v) is 8.74. The van der Waals surface area contributed by atoms with Crippen LogP contribution in [-0.2, 0) is 35.1 Å². The number of rotatable bonds is 16. The van der Waals surface area contributed by atoms with Crippen LogP contribution in [0.5, 0.6) is 0 Å². The highest BCUT2D eigenvalue weighted by atomic mass is 16.6. The van der Waals surface area contributed by atoms with Crippen LogP contribution in [0.15, 0.2) is 65.6 Å². The van der Waals surface area contributed by atoms with E-state index in [1.807, 2.05) is 102 Å². The molecule has 23 heteroatoms. The summed E-state index contributed by atoms with van der Waals surface area (Å²) in [7, 11) is 1.35. The molecule has 4 aliphatic heterocycles. The van der Waals surface area contributed by atoms with Gasteiger partial charge in [-0.3, -0.25) is 29.0 Å². The first-order valence-electron chi connectivity index (χ1n) is 26.2. The number of ether oxygens (including phenoxy) is 4. The predicted octanol–water partition coefficient (Wildman–Crippen LogP) is 3.67. The Labute approximate surface area is 460 Å². The van der Waals surface area contributed by atoms with Crippen molar-refractivity contribution in [3.8, 4) is 11.5 Å². The van der Waals surface area contributed by atoms with E-state index in [1.165, 1.54) is 7.11 Å². The number of carbonyl (C=O) groups is 2. The zero-order valence-electron chi connectivity index (χ0n) is 47.0. The molecule has 4 aliphatic rings. The Kier molecular flexibility index (Phi) is 18.8. The molecule has 23 nitrogen and oxygen atoms in total. The highest BCUT2D eigenvalue weighted by Gasteiger charge is 2.26. The second kappa shape index (κ2) is 25.5. The third-order valence-corrected chi connectivity index (χ3v) is 13.1. The van der Waals surface area contributed by atoms with Gasteiger partial charge in [0.05, 0.1) is 54.1 Å². The number of esters is 2. The largest absolute Gasteiger partial charge is 0.469 e. The number of carbonyl (C=O) groups excluding carboxylic acids is 2. The molecular weight excluding hydrogens is 1030 g/mol. The van der Waals surface area contributed by atoms with Gasteiger partial charge < -0.3 is 49.0 Å². The van der Waals surface area contributed by atoms with Crippen molar-refractivity contribution in [2.75, 3.05) is 63.0 Å². The zero-order chi connectivity index (χ0) is 58.2. The van der Waals surface area contributed by atoms with E-state index < -0.39 is 16.9 Å². The fraction of sp³-hybridized carbons (Fsp3) is 0.404. The van der Waals surface area contributed by atoms with E-state index >= 15 is 0 Å². The number of aromatic nitrogens is 8. The minimum Gasteiger partial charge on any atom is -0.469 e. The maximum atomic E-state index is 12.4. The molecule has 6 heterocycles. The molecule has 0 aliphatic carbocycles. The summed E-state index contributed by atoms with van der Waals surface area (Å²) >= 11 is 0. The second-order valence-electron chi connectivity index (χ2n) is 20.4. The predicted molar refractivity (Wildman–Crippen MR) is 305 cm³/mol. The summed E-state index contributed by atoms with van der Waals surface area (Å²) in [5.41, 5.74) is 15.4. The van der Waals surface area contributed by atoms with Gasteiger partial charge in [-0.25, -0.2) is 29.7 Å². The maximum Gasteiger partial charge on any atom is 0.349 e. The average Bonchev–Trinajstić information content (AvgIpc) is 3.37. The van der Waals surface area contributed by atoms with Gasteiger partial charge in [0.2, 0.25) is 0 Å². The molecule has 0 fully saturated rings. The molecule has 422 valence electrons. The molecule has 0 atom stereocenters. The van der Waals surface area contributed by atoms with E-state index in [4.69, 9.17) is 19.9 Å². The Balaban J connectivity index is 0.000000176. The molecular formula is C57H69N13O10. The number of nitrogens with zero attached hydrogens (tertiary/aromatic N) is 9. The van der Waals surface area contributed by atoms with Gasteiger partial charge in [-0.2, -0.15) is 4.98 Å². The lowest BCUT2D eigenvalue weighted by Crippen LogP contribution is -2.43. The van der Waals surface area contributed by atoms with Crippen molar-refractivity contribution in [1.82, 2.24) is 39.5 Å². The molecule has 0 amide bonds. The third kappa shape index (κ3) is 14.2. The van der Waals surface area contributed by atoms with Crippen LogP contribution in [0.2, 0.25) is 0 Å². The first-order chi connectivity index (χ1) is 38.0. The van der Waals surface area contributed by atoms with Crippen molar-refractivity contribution in [1.29, 1.82) is 0 Å². The van der Waals surface area contributed by atoms with E-state index in [0.717, 1.165) is 61.6 Å². The van der Waals surface area contributed by atoms with Crippen LogP contribution >= 0.6 is 0 Å². The molecule has 0 radical (unpaired) electrons. The molecule has 0 unspecified atom stereocenters. The minimum absolute atomic E-state index is 0.112. The van der Waals surface area contributed by atoms with E-state index in [9.17, 15) is 28.8 Å². The smallest absolute Gasteiger partial charge is 0.349 e. The minimum atomic E-state index is -0.713. The van der Waals surface area contributed by atoms with Crippen LogP contribution in [0.4, 0.5) is 34.4 Å². The summed E-state index contributed by atoms with van der Waals surface area (Å²) in [4.78, 5) is 109. The van der Waals surface area contributed by atoms with Gasteiger partial charge in [-0.05, 0) is 145 Å². The molecule has 0 spiro atoms. The van der Waals surface area contributed by atoms with Crippen molar-refractivity contribution in [3.05, 3.63) is 133 Å². The van der Waals surface area contributed by atoms with Crippen LogP contribution in [0.1, 0.15) is 79.8 Å². The zero-order valence-corrected chi connectivity index (χ0v) is 47.0. The molecule has 9 rings (SSSR count). The van der Waals surface area contributed by atoms with E-state index in [0.29, 0.717) is 106 Å². The number of H-pyrrole nitrogens is 3. The van der Waals surface area contributed by atoms with Crippen molar-refractivity contribution in [2.45, 2.75) is 100 Å². The number of hydrogen-bond acceptors (Lipinski definition) is 19. The summed E-state index contributed by atoms with van der Waals surface area (Å²) in [6.07, 6.45) is 1.73. The van der Waals surface area contributed by atoms with Crippen molar-refractivity contribution >= 4 is 70.5 Å². The SMILES string of the molecule is C=c1nc2c(c(=O)[nH]1)=Nc1cc(C)c(C)cc1N2CCN.C=c1nc2c(c(=O)[nH]1)=Nc1cc(C)c(C)cc1N2CCOCCCC(=O)OC(C)(C)C.COC(=O)CCCOCCn1c2nc(=O)[nH]c(=O)c-2nc2cc(C)c(C)cc21. The normalized spacial score (nSPS) is 12.2. The van der Waals surface area contributed by atoms with Gasteiger partial charge in [0, 0.05) is 52.2 Å². The Morgan fingerprint density at radius 1 is 0.600 bits per heavy atom. The summed E-state index contributed by atoms with van der Waals surface area (Å²) in [6, 6.07) is 11.9. The Bertz CT molecular complexity index is 3940. The molecule has 80 heavy (non-hydrogen) atoms. The summed E-state index contributed by atoms with van der Waals surface area (Å²) in [5.74, 6) is 0.713. The molecule has 2 aromatic heterocycles. The number of aryl methyl sites for hydroxylation is 6. The maximum absolute atomic E-state index is 12.4. The average molecular weight is 1100 g/mol. The monoisotopic (exact) mass is 1100 g/mol. The van der Waals surface area contributed by atoms with Crippen LogP contribution < -0.4 is 59.6 Å². The molecule has 3 aromatic carbocycles. The number of aromatic amines is 3. The van der Waals surface area contributed by atoms with Crippen LogP contribution in [0, 0.1) is 41.5 Å². The lowest BCUT2D eigenvalue weighted by Gasteiger charge is -2.28. The standard InChI is InChI=1S/C23H30N4O4.C19H22N4O5.C15H17N5O/c1-14-12-17-18(13-15(14)2)27(21-20(26-17)22(29)25-16(3)24-21)9-11-30-10-7-8-19(28)31-23(4,5)6;1-11-9-13-14(10-12(11)2)23(6-8-28-7-4-5-15(24)27-3)17-16(20-13)18(25)22-19(26)21-17;1-8-6-11-12(7-9(8)2)20(5-4-16)14-13(19-11)15(21)18-10(3)17-14/h12-13H,3,7-11H2,1-2,4-6H3,(H,25,29);9-10H,4-8H2,1-3H3,(H,22,25,26);6-7H,3-5,16H2,1-2H3,(H,18,21). The molecule has 0 saturated heterocycles. The van der Waals surface area contributed by atoms with Crippen molar-refractivity contribution in [2.24, 2.45) is 15.7 Å². The van der Waals surface area contributed by atoms with Crippen molar-refractivity contribution < 1.29 is 28.5 Å². The third-order valence-electron chi connectivity index (χ3n) is 13.1. The summed E-state index contributed by atoms with van der Waals surface area (Å²) in [5, 5.41) is 0.583. The second-order valence-corrected chi connectivity index (χ2v) is 20.4. The lowest BCUT2D eigenvalue weighted by atomic mass is 10.1. The molecule has 5 N–H and O–H groups in total. The van der Waals surface area contributed by atoms with Gasteiger partial charge in [-0.15, -0.1) is 0 Å². The topological polar surface area (TPSA) is 300 Å². The number of nitrogens with two attached hydrogens (primary N) is 1. The van der Waals surface area contributed by atoms with Crippen LogP contribution in [-0.4, -0.2) is 110 Å². The molecule has 0 bridgehead atoms. The molecule has 0 saturated carbocycles. The van der Waals surface area contributed by atoms with Crippen LogP contribution in [0.25, 0.3) is 35.7 Å². The lowest BCUT2D eigenvalue weighted by molar-refractivity contribution is -0.155. The van der Waals surface area contributed by atoms with E-state index in [-0.39, 0.29) is 45.4 Å². The first-order valence-corrected chi connectivity index (χ1v) is 26.2. The van der Waals surface area contributed by atoms with Gasteiger partial charge in [0.25, 0.3) is 16.7 Å². The van der Waals surface area contributed by atoms with Gasteiger partial charge in [-0.1, -0.05) is 13.2 Å². The first kappa shape index (κ1) is 59.1. The Morgan fingerprint density at radius 3 is 1.61 bits per heavy atom. The highest BCUT2D eigenvalue weighted by Crippen LogP contribution is 2.38. The Hall–Kier alpha value is -8.54. The number of anilines is 4. The Morgan fingerprint density at radius 2 is 1.09 bits per heavy atom. The van der Waals surface area contributed by atoms with E-state index in [2.05, 4.69) is 68.8 Å². The highest BCUT2D eigenvalue weighted by molar-refractivity contribution is 5.81. The van der Waals surface area contributed by atoms with E-state index in [1.54, 1.807) is 4.57 Å². The van der Waals surface area contributed by atoms with Crippen molar-refractivity contribution in [3.63, 3.8) is 0 Å². The van der Waals surface area contributed by atoms with Crippen LogP contribution in [0.3, 0.4) is 0 Å². The van der Waals surface area contributed by atoms with Gasteiger partial charge in [0.15, 0.2) is 33.9 Å².